The molecule has 0 saturated carbocycles. The highest BCUT2D eigenvalue weighted by Gasteiger charge is 2.25. The lowest BCUT2D eigenvalue weighted by atomic mass is 9.95. The Morgan fingerprint density at radius 2 is 1.63 bits per heavy atom. The Labute approximate surface area is 225 Å². The lowest BCUT2D eigenvalue weighted by Crippen LogP contribution is -2.32. The van der Waals surface area contributed by atoms with E-state index in [0.717, 1.165) is 25.7 Å². The van der Waals surface area contributed by atoms with Crippen LogP contribution < -0.4 is 0 Å². The van der Waals surface area contributed by atoms with E-state index in [-0.39, 0.29) is 11.5 Å². The molecular weight excluding hydrogens is 485 g/mol. The zero-order valence-electron chi connectivity index (χ0n) is 22.7. The minimum absolute atomic E-state index is 0.209. The van der Waals surface area contributed by atoms with E-state index in [0.29, 0.717) is 47.5 Å². The molecule has 0 aromatic heterocycles. The maximum absolute atomic E-state index is 15.2. The Kier molecular flexibility index (Phi) is 11.6. The fraction of sp³-hybridized carbons (Fsp3) is 0.394. The van der Waals surface area contributed by atoms with Crippen molar-refractivity contribution in [1.82, 2.24) is 0 Å². The summed E-state index contributed by atoms with van der Waals surface area (Å²) in [6.45, 7) is 10.5. The zero-order valence-corrected chi connectivity index (χ0v) is 22.7. The maximum atomic E-state index is 15.2. The van der Waals surface area contributed by atoms with Crippen LogP contribution in [0, 0.1) is 17.6 Å². The molecule has 0 aliphatic carbocycles. The first kappa shape index (κ1) is 29.7. The van der Waals surface area contributed by atoms with Crippen LogP contribution in [0.1, 0.15) is 64.0 Å². The molecule has 1 heterocycles. The van der Waals surface area contributed by atoms with Crippen LogP contribution in [0.4, 0.5) is 13.2 Å². The van der Waals surface area contributed by atoms with Crippen LogP contribution in [-0.2, 0) is 15.9 Å². The predicted octanol–water partition coefficient (Wildman–Crippen LogP) is 9.52. The quantitative estimate of drug-likeness (QED) is 0.156. The van der Waals surface area contributed by atoms with E-state index in [4.69, 9.17) is 9.47 Å². The van der Waals surface area contributed by atoms with Crippen molar-refractivity contribution in [2.24, 2.45) is 5.92 Å². The van der Waals surface area contributed by atoms with Crippen LogP contribution in [0.15, 0.2) is 78.7 Å². The van der Waals surface area contributed by atoms with Crippen LogP contribution in [0.5, 0.6) is 0 Å². The second kappa shape index (κ2) is 14.9. The summed E-state index contributed by atoms with van der Waals surface area (Å²) in [6.07, 6.45) is 12.2. The third-order valence-corrected chi connectivity index (χ3v) is 6.88. The van der Waals surface area contributed by atoms with Gasteiger partial charge in [-0.1, -0.05) is 87.7 Å². The summed E-state index contributed by atoms with van der Waals surface area (Å²) in [7, 11) is 0. The third kappa shape index (κ3) is 7.81. The van der Waals surface area contributed by atoms with Crippen molar-refractivity contribution in [3.05, 3.63) is 101 Å². The molecule has 204 valence electrons. The van der Waals surface area contributed by atoms with Gasteiger partial charge in [-0.05, 0) is 66.7 Å². The van der Waals surface area contributed by atoms with Crippen LogP contribution >= 0.6 is 0 Å². The molecule has 1 saturated heterocycles. The van der Waals surface area contributed by atoms with Gasteiger partial charge in [0, 0.05) is 11.5 Å². The normalized spacial score (nSPS) is 18.8. The van der Waals surface area contributed by atoms with Crippen molar-refractivity contribution in [3.63, 3.8) is 0 Å². The highest BCUT2D eigenvalue weighted by Crippen LogP contribution is 2.31. The van der Waals surface area contributed by atoms with Crippen molar-refractivity contribution in [1.29, 1.82) is 0 Å². The largest absolute Gasteiger partial charge is 0.348 e. The number of ether oxygens (including phenoxy) is 2. The van der Waals surface area contributed by atoms with E-state index in [1.807, 2.05) is 19.1 Å². The average Bonchev–Trinajstić information content (AvgIpc) is 2.92. The molecule has 0 amide bonds. The topological polar surface area (TPSA) is 18.5 Å². The minimum atomic E-state index is -0.833. The van der Waals surface area contributed by atoms with Gasteiger partial charge < -0.3 is 9.47 Å². The van der Waals surface area contributed by atoms with Crippen LogP contribution in [0.3, 0.4) is 0 Å². The molecule has 0 radical (unpaired) electrons. The monoisotopic (exact) mass is 524 g/mol. The Morgan fingerprint density at radius 1 is 0.947 bits per heavy atom. The Morgan fingerprint density at radius 3 is 2.26 bits per heavy atom. The number of aryl methyl sites for hydroxylation is 1. The van der Waals surface area contributed by atoms with Gasteiger partial charge in [0.15, 0.2) is 17.9 Å². The third-order valence-electron chi connectivity index (χ3n) is 6.88. The minimum Gasteiger partial charge on any atom is -0.348 e. The second-order valence-corrected chi connectivity index (χ2v) is 9.66. The van der Waals surface area contributed by atoms with Crippen LogP contribution in [-0.4, -0.2) is 19.5 Å². The zero-order chi connectivity index (χ0) is 27.5. The Bertz CT molecular complexity index is 1150. The molecule has 0 spiro atoms. The number of hydrogen-bond donors (Lipinski definition) is 0. The fourth-order valence-corrected chi connectivity index (χ4v) is 4.64. The van der Waals surface area contributed by atoms with Gasteiger partial charge >= 0.3 is 0 Å². The van der Waals surface area contributed by atoms with Gasteiger partial charge in [-0.25, -0.2) is 13.2 Å². The van der Waals surface area contributed by atoms with E-state index < -0.39 is 23.8 Å². The molecule has 3 rings (SSSR count). The van der Waals surface area contributed by atoms with E-state index in [1.54, 1.807) is 49.4 Å². The summed E-state index contributed by atoms with van der Waals surface area (Å²) in [5, 5.41) is 0. The standard InChI is InChI=1S/C33H39F3O2/c1-5-8-9-10-11-13-26-18-19-29(33(36)32(26)35)25-16-14-24(15-17-25)23(4)20-30(34)28(7-3)27-21-37-31(12-6-2)38-22-27/h6-7,12,14-20,27,31H,4-5,8-11,13,21-22H2,1-3H3/b12-6+,28-7-,30-20+. The number of halogens is 3. The van der Waals surface area contributed by atoms with Gasteiger partial charge in [0.25, 0.3) is 0 Å². The highest BCUT2D eigenvalue weighted by atomic mass is 19.2. The molecule has 1 fully saturated rings. The highest BCUT2D eigenvalue weighted by molar-refractivity contribution is 5.75. The van der Waals surface area contributed by atoms with Gasteiger partial charge in [0.1, 0.15) is 5.83 Å². The molecule has 5 heteroatoms. The molecular formula is C33H39F3O2. The van der Waals surface area contributed by atoms with E-state index in [2.05, 4.69) is 13.5 Å². The molecule has 0 unspecified atom stereocenters. The lowest BCUT2D eigenvalue weighted by Gasteiger charge is -2.29. The summed E-state index contributed by atoms with van der Waals surface area (Å²) in [6, 6.07) is 10.2. The SMILES string of the molecule is C=C(/C=C(F)\C(=C/C)C1COC(/C=C/C)OC1)c1ccc(-c2ccc(CCCCCCC)c(F)c2F)cc1. The molecule has 2 aromatic carbocycles. The van der Waals surface area contributed by atoms with Gasteiger partial charge in [0.05, 0.1) is 13.2 Å². The molecule has 1 aliphatic heterocycles. The molecule has 1 aliphatic rings. The molecule has 0 N–H and O–H groups in total. The molecule has 38 heavy (non-hydrogen) atoms. The van der Waals surface area contributed by atoms with Gasteiger partial charge in [-0.3, -0.25) is 0 Å². The number of unbranched alkanes of at least 4 members (excludes halogenated alkanes) is 4. The van der Waals surface area contributed by atoms with E-state index in [9.17, 15) is 8.78 Å². The van der Waals surface area contributed by atoms with Crippen LogP contribution in [0.2, 0.25) is 0 Å². The molecule has 0 bridgehead atoms. The first-order chi connectivity index (χ1) is 18.4. The lowest BCUT2D eigenvalue weighted by molar-refractivity contribution is -0.167. The van der Waals surface area contributed by atoms with Gasteiger partial charge in [-0.15, -0.1) is 0 Å². The van der Waals surface area contributed by atoms with E-state index in [1.165, 1.54) is 12.5 Å². The first-order valence-corrected chi connectivity index (χ1v) is 13.6. The maximum Gasteiger partial charge on any atom is 0.176 e. The fourth-order valence-electron chi connectivity index (χ4n) is 4.64. The second-order valence-electron chi connectivity index (χ2n) is 9.66. The Balaban J connectivity index is 1.66. The van der Waals surface area contributed by atoms with Crippen LogP contribution in [0.25, 0.3) is 16.7 Å². The summed E-state index contributed by atoms with van der Waals surface area (Å²) in [4.78, 5) is 0. The Hall–Kier alpha value is -2.89. The van der Waals surface area contributed by atoms with Gasteiger partial charge in [0.2, 0.25) is 0 Å². The van der Waals surface area contributed by atoms with Gasteiger partial charge in [-0.2, -0.15) is 0 Å². The summed E-state index contributed by atoms with van der Waals surface area (Å²) >= 11 is 0. The number of benzene rings is 2. The van der Waals surface area contributed by atoms with Crippen molar-refractivity contribution in [2.75, 3.05) is 13.2 Å². The first-order valence-electron chi connectivity index (χ1n) is 13.6. The molecule has 2 nitrogen and oxygen atoms in total. The molecule has 0 atom stereocenters. The van der Waals surface area contributed by atoms with Crippen molar-refractivity contribution >= 4 is 5.57 Å². The van der Waals surface area contributed by atoms with Crippen molar-refractivity contribution in [2.45, 2.75) is 65.6 Å². The number of rotatable bonds is 12. The van der Waals surface area contributed by atoms with Crippen molar-refractivity contribution < 1.29 is 22.6 Å². The van der Waals surface area contributed by atoms with Crippen molar-refractivity contribution in [3.8, 4) is 11.1 Å². The summed E-state index contributed by atoms with van der Waals surface area (Å²) in [5.74, 6) is -2.23. The smallest absolute Gasteiger partial charge is 0.176 e. The average molecular weight is 525 g/mol. The summed E-state index contributed by atoms with van der Waals surface area (Å²) < 4.78 is 56.1. The predicted molar refractivity (Wildman–Crippen MR) is 150 cm³/mol. The summed E-state index contributed by atoms with van der Waals surface area (Å²) in [5.41, 5.74) is 2.85. The molecule has 2 aromatic rings. The van der Waals surface area contributed by atoms with E-state index >= 15 is 4.39 Å². The number of hydrogen-bond acceptors (Lipinski definition) is 2. The number of allylic oxidation sites excluding steroid dienone is 5.